The van der Waals surface area contributed by atoms with Gasteiger partial charge in [0.25, 0.3) is 15.8 Å². The van der Waals surface area contributed by atoms with Crippen LogP contribution in [0, 0.1) is 10.1 Å². The zero-order chi connectivity index (χ0) is 18.4. The van der Waals surface area contributed by atoms with Gasteiger partial charge in [0.2, 0.25) is 0 Å². The van der Waals surface area contributed by atoms with E-state index in [1.54, 1.807) is 0 Å². The summed E-state index contributed by atoms with van der Waals surface area (Å²) in [5, 5.41) is 11.3. The molecular formula is C16H17NO7S. The largest absolute Gasteiger partial charge is 0.493 e. The van der Waals surface area contributed by atoms with Crippen LogP contribution < -0.4 is 9.47 Å². The van der Waals surface area contributed by atoms with Crippen LogP contribution in [0.3, 0.4) is 0 Å². The molecule has 0 heterocycles. The normalized spacial score (nSPS) is 11.1. The van der Waals surface area contributed by atoms with Crippen LogP contribution >= 0.6 is 0 Å². The van der Waals surface area contributed by atoms with Crippen molar-refractivity contribution in [1.29, 1.82) is 0 Å². The van der Waals surface area contributed by atoms with Gasteiger partial charge in [-0.1, -0.05) is 30.3 Å². The fourth-order valence-electron chi connectivity index (χ4n) is 2.06. The number of rotatable bonds is 8. The molecule has 0 aromatic heterocycles. The van der Waals surface area contributed by atoms with E-state index in [0.29, 0.717) is 0 Å². The van der Waals surface area contributed by atoms with E-state index >= 15 is 0 Å². The lowest BCUT2D eigenvalue weighted by atomic mass is 10.1. The topological polar surface area (TPSA) is 105 Å². The minimum Gasteiger partial charge on any atom is -0.493 e. The van der Waals surface area contributed by atoms with Gasteiger partial charge >= 0.3 is 0 Å². The molecule has 25 heavy (non-hydrogen) atoms. The minimum atomic E-state index is -3.74. The zero-order valence-electron chi connectivity index (χ0n) is 13.7. The molecule has 8 nitrogen and oxygen atoms in total. The van der Waals surface area contributed by atoms with Crippen LogP contribution in [-0.4, -0.2) is 26.7 Å². The summed E-state index contributed by atoms with van der Waals surface area (Å²) in [5.74, 6) is 0.426. The number of methoxy groups -OCH3 is 1. The van der Waals surface area contributed by atoms with Crippen molar-refractivity contribution in [2.45, 2.75) is 13.2 Å². The van der Waals surface area contributed by atoms with E-state index in [-0.39, 0.29) is 29.4 Å². The maximum Gasteiger partial charge on any atom is 0.278 e. The van der Waals surface area contributed by atoms with E-state index in [1.807, 2.05) is 30.3 Å². The fraction of sp³-hybridized carbons (Fsp3) is 0.250. The maximum atomic E-state index is 11.3. The van der Waals surface area contributed by atoms with Crippen LogP contribution in [0.4, 0.5) is 5.69 Å². The highest BCUT2D eigenvalue weighted by atomic mass is 32.2. The van der Waals surface area contributed by atoms with Gasteiger partial charge in [0.1, 0.15) is 6.61 Å². The fourth-order valence-corrected chi connectivity index (χ4v) is 2.40. The third kappa shape index (κ3) is 5.44. The molecule has 0 fully saturated rings. The summed E-state index contributed by atoms with van der Waals surface area (Å²) in [4.78, 5) is 10.6. The van der Waals surface area contributed by atoms with E-state index in [1.165, 1.54) is 19.2 Å². The molecule has 0 radical (unpaired) electrons. The summed E-state index contributed by atoms with van der Waals surface area (Å²) in [7, 11) is -2.35. The van der Waals surface area contributed by atoms with E-state index in [0.717, 1.165) is 11.8 Å². The maximum absolute atomic E-state index is 11.3. The first-order valence-electron chi connectivity index (χ1n) is 7.16. The summed E-state index contributed by atoms with van der Waals surface area (Å²) >= 11 is 0. The third-order valence-corrected chi connectivity index (χ3v) is 3.77. The van der Waals surface area contributed by atoms with E-state index < -0.39 is 21.6 Å². The van der Waals surface area contributed by atoms with Crippen LogP contribution in [0.5, 0.6) is 11.5 Å². The molecular weight excluding hydrogens is 350 g/mol. The predicted octanol–water partition coefficient (Wildman–Crippen LogP) is 2.66. The average Bonchev–Trinajstić information content (AvgIpc) is 2.58. The van der Waals surface area contributed by atoms with E-state index in [2.05, 4.69) is 4.18 Å². The van der Waals surface area contributed by atoms with Gasteiger partial charge in [0.15, 0.2) is 11.5 Å². The van der Waals surface area contributed by atoms with Crippen molar-refractivity contribution in [3.63, 3.8) is 0 Å². The molecule has 0 saturated heterocycles. The molecule has 0 atom stereocenters. The van der Waals surface area contributed by atoms with Crippen LogP contribution in [0.15, 0.2) is 42.5 Å². The lowest BCUT2D eigenvalue weighted by molar-refractivity contribution is -0.385. The number of nitro benzene ring substituents is 1. The Labute approximate surface area is 145 Å². The molecule has 2 rings (SSSR count). The van der Waals surface area contributed by atoms with E-state index in [9.17, 15) is 18.5 Å². The first-order chi connectivity index (χ1) is 11.8. The quantitative estimate of drug-likeness (QED) is 0.401. The Kier molecular flexibility index (Phi) is 5.94. The molecule has 0 aliphatic carbocycles. The summed E-state index contributed by atoms with van der Waals surface area (Å²) in [5.41, 5.74) is 0.642. The second-order valence-electron chi connectivity index (χ2n) is 5.13. The third-order valence-electron chi connectivity index (χ3n) is 3.23. The van der Waals surface area contributed by atoms with Gasteiger partial charge in [0, 0.05) is 0 Å². The molecule has 2 aromatic rings. The Hall–Kier alpha value is -2.65. The number of hydrogen-bond acceptors (Lipinski definition) is 7. The second kappa shape index (κ2) is 7.95. The van der Waals surface area contributed by atoms with Gasteiger partial charge in [-0.2, -0.15) is 8.42 Å². The molecule has 0 spiro atoms. The second-order valence-corrected chi connectivity index (χ2v) is 6.77. The van der Waals surface area contributed by atoms with Crippen molar-refractivity contribution in [3.8, 4) is 11.5 Å². The summed E-state index contributed by atoms with van der Waals surface area (Å²) in [6.07, 6.45) is 0.868. The smallest absolute Gasteiger partial charge is 0.278 e. The van der Waals surface area contributed by atoms with Crippen molar-refractivity contribution in [3.05, 3.63) is 63.7 Å². The van der Waals surface area contributed by atoms with Crippen LogP contribution in [-0.2, 0) is 27.5 Å². The Balaban J connectivity index is 2.30. The molecule has 9 heteroatoms. The lowest BCUT2D eigenvalue weighted by Gasteiger charge is -2.13. The first kappa shape index (κ1) is 18.7. The minimum absolute atomic E-state index is 0.0688. The number of ether oxygens (including phenoxy) is 2. The SMILES string of the molecule is COc1cc(COS(C)(=O)=O)c([N+](=O)[O-])cc1OCc1ccccc1. The summed E-state index contributed by atoms with van der Waals surface area (Å²) in [6, 6.07) is 11.8. The Morgan fingerprint density at radius 1 is 1.08 bits per heavy atom. The van der Waals surface area contributed by atoms with Gasteiger partial charge < -0.3 is 9.47 Å². The molecule has 0 aliphatic heterocycles. The number of benzene rings is 2. The van der Waals surface area contributed by atoms with Crippen LogP contribution in [0.2, 0.25) is 0 Å². The highest BCUT2D eigenvalue weighted by molar-refractivity contribution is 7.85. The lowest BCUT2D eigenvalue weighted by Crippen LogP contribution is -2.06. The molecule has 0 aliphatic rings. The molecule has 0 N–H and O–H groups in total. The molecule has 0 unspecified atom stereocenters. The van der Waals surface area contributed by atoms with Gasteiger partial charge in [-0.25, -0.2) is 0 Å². The van der Waals surface area contributed by atoms with Crippen molar-refractivity contribution in [1.82, 2.24) is 0 Å². The molecule has 0 bridgehead atoms. The van der Waals surface area contributed by atoms with Crippen molar-refractivity contribution >= 4 is 15.8 Å². The zero-order valence-corrected chi connectivity index (χ0v) is 14.5. The highest BCUT2D eigenvalue weighted by Crippen LogP contribution is 2.35. The van der Waals surface area contributed by atoms with Gasteiger partial charge in [-0.3, -0.25) is 14.3 Å². The molecule has 0 saturated carbocycles. The Morgan fingerprint density at radius 3 is 2.32 bits per heavy atom. The Morgan fingerprint density at radius 2 is 1.76 bits per heavy atom. The average molecular weight is 367 g/mol. The van der Waals surface area contributed by atoms with E-state index in [4.69, 9.17) is 9.47 Å². The van der Waals surface area contributed by atoms with Crippen molar-refractivity contribution < 1.29 is 27.0 Å². The highest BCUT2D eigenvalue weighted by Gasteiger charge is 2.21. The standard InChI is InChI=1S/C16H17NO7S/c1-22-15-8-13(11-24-25(2,20)21)14(17(18)19)9-16(15)23-10-12-6-4-3-5-7-12/h3-9H,10-11H2,1-2H3. The van der Waals surface area contributed by atoms with Crippen LogP contribution in [0.1, 0.15) is 11.1 Å². The van der Waals surface area contributed by atoms with Gasteiger partial charge in [-0.05, 0) is 11.6 Å². The first-order valence-corrected chi connectivity index (χ1v) is 8.98. The summed E-state index contributed by atoms with van der Waals surface area (Å²) in [6.45, 7) is -0.266. The number of nitrogens with zero attached hydrogens (tertiary/aromatic N) is 1. The molecule has 2 aromatic carbocycles. The predicted molar refractivity (Wildman–Crippen MR) is 90.1 cm³/mol. The van der Waals surface area contributed by atoms with Crippen LogP contribution in [0.25, 0.3) is 0 Å². The molecule has 134 valence electrons. The monoisotopic (exact) mass is 367 g/mol. The van der Waals surface area contributed by atoms with Crippen molar-refractivity contribution in [2.75, 3.05) is 13.4 Å². The molecule has 0 amide bonds. The van der Waals surface area contributed by atoms with Crippen molar-refractivity contribution in [2.24, 2.45) is 0 Å². The van der Waals surface area contributed by atoms with Gasteiger partial charge in [0.05, 0.1) is 36.5 Å². The number of nitro groups is 1. The number of hydrogen-bond donors (Lipinski definition) is 0. The summed E-state index contributed by atoms with van der Waals surface area (Å²) < 4.78 is 37.7. The Bertz CT molecular complexity index is 850. The van der Waals surface area contributed by atoms with Gasteiger partial charge in [-0.15, -0.1) is 0 Å².